The van der Waals surface area contributed by atoms with Crippen LogP contribution < -0.4 is 5.32 Å². The van der Waals surface area contributed by atoms with Crippen LogP contribution in [0.5, 0.6) is 0 Å². The Morgan fingerprint density at radius 3 is 2.78 bits per heavy atom. The highest BCUT2D eigenvalue weighted by Crippen LogP contribution is 2.26. The van der Waals surface area contributed by atoms with E-state index < -0.39 is 0 Å². The van der Waals surface area contributed by atoms with Crippen LogP contribution in [0.25, 0.3) is 21.5 Å². The second-order valence-electron chi connectivity index (χ2n) is 6.84. The van der Waals surface area contributed by atoms with E-state index in [0.29, 0.717) is 24.9 Å². The zero-order valence-corrected chi connectivity index (χ0v) is 16.3. The minimum atomic E-state index is -0.139. The summed E-state index contributed by atoms with van der Waals surface area (Å²) in [5.41, 5.74) is 1.75. The molecule has 0 aliphatic carbocycles. The van der Waals surface area contributed by atoms with Crippen molar-refractivity contribution >= 4 is 34.1 Å². The fraction of sp³-hybridized carbons (Fsp3) is 0.389. The highest BCUT2D eigenvalue weighted by Gasteiger charge is 2.24. The Hall–Kier alpha value is -2.65. The van der Waals surface area contributed by atoms with E-state index >= 15 is 0 Å². The Morgan fingerprint density at radius 2 is 2.04 bits per heavy atom. The molecule has 1 aromatic carbocycles. The fourth-order valence-electron chi connectivity index (χ4n) is 3.07. The number of carbonyl (C=O) groups is 1. The van der Waals surface area contributed by atoms with Crippen molar-refractivity contribution in [3.05, 3.63) is 29.3 Å². The maximum absolute atomic E-state index is 12.6. The number of fused-ring (bicyclic) bond motifs is 1. The monoisotopic (exact) mass is 383 g/mol. The summed E-state index contributed by atoms with van der Waals surface area (Å²) in [5.74, 6) is 0.449. The molecule has 3 aromatic rings. The topological polar surface area (TPSA) is 87.1 Å². The van der Waals surface area contributed by atoms with Crippen molar-refractivity contribution in [2.24, 2.45) is 0 Å². The summed E-state index contributed by atoms with van der Waals surface area (Å²) in [6.07, 6.45) is 0. The number of carbonyl (C=O) groups excluding carboxylic acids is 1. The van der Waals surface area contributed by atoms with Crippen LogP contribution in [0.1, 0.15) is 11.9 Å². The second kappa shape index (κ2) is 7.16. The molecule has 9 heteroatoms. The van der Waals surface area contributed by atoms with Crippen molar-refractivity contribution in [1.29, 1.82) is 0 Å². The Kier molecular flexibility index (Phi) is 4.71. The molecule has 1 fully saturated rings. The zero-order valence-electron chi connectivity index (χ0n) is 15.5. The average Bonchev–Trinajstić information content (AvgIpc) is 3.09. The van der Waals surface area contributed by atoms with Crippen molar-refractivity contribution in [3.8, 4) is 10.6 Å². The van der Waals surface area contributed by atoms with Gasteiger partial charge in [0.15, 0.2) is 5.82 Å². The Bertz CT molecular complexity index is 989. The summed E-state index contributed by atoms with van der Waals surface area (Å²) >= 11 is 1.54. The van der Waals surface area contributed by atoms with Gasteiger partial charge in [-0.1, -0.05) is 11.3 Å². The maximum Gasteiger partial charge on any atom is 0.323 e. The molecule has 4 rings (SSSR count). The van der Waals surface area contributed by atoms with Crippen LogP contribution in [-0.2, 0) is 0 Å². The number of hydrogen-bond donors (Lipinski definition) is 1. The summed E-state index contributed by atoms with van der Waals surface area (Å²) in [6.45, 7) is 6.31. The lowest BCUT2D eigenvalue weighted by atomic mass is 10.1. The fourth-order valence-corrected chi connectivity index (χ4v) is 3.76. The number of likely N-dealkylation sites (N-methyl/N-ethyl adjacent to an activating group) is 1. The van der Waals surface area contributed by atoms with Gasteiger partial charge in [-0.2, -0.15) is 0 Å². The number of nitrogens with zero attached hydrogens (tertiary/aromatic N) is 6. The van der Waals surface area contributed by atoms with Gasteiger partial charge in [0.2, 0.25) is 0 Å². The first-order chi connectivity index (χ1) is 13.0. The number of urea groups is 1. The molecule has 1 saturated heterocycles. The van der Waals surface area contributed by atoms with E-state index in [0.717, 1.165) is 33.0 Å². The SMILES string of the molecule is Cc1nnc(-c2ccc3nnc(NC(=O)N4CCN(C)C(C)C4)cc3c2)s1. The number of benzene rings is 1. The van der Waals surface area contributed by atoms with E-state index in [-0.39, 0.29) is 6.03 Å². The molecule has 1 unspecified atom stereocenters. The molecule has 0 bridgehead atoms. The van der Waals surface area contributed by atoms with Crippen LogP contribution in [0.3, 0.4) is 0 Å². The van der Waals surface area contributed by atoms with Crippen LogP contribution in [0.4, 0.5) is 10.6 Å². The van der Waals surface area contributed by atoms with Crippen molar-refractivity contribution in [3.63, 3.8) is 0 Å². The van der Waals surface area contributed by atoms with Crippen molar-refractivity contribution in [2.75, 3.05) is 32.0 Å². The molecule has 0 radical (unpaired) electrons. The third-order valence-electron chi connectivity index (χ3n) is 4.84. The molecule has 1 aliphatic rings. The molecule has 2 aromatic heterocycles. The third-order valence-corrected chi connectivity index (χ3v) is 5.73. The van der Waals surface area contributed by atoms with Crippen molar-refractivity contribution in [2.45, 2.75) is 19.9 Å². The predicted octanol–water partition coefficient (Wildman–Crippen LogP) is 2.62. The van der Waals surface area contributed by atoms with Crippen LogP contribution in [-0.4, -0.2) is 68.9 Å². The molecule has 1 aliphatic heterocycles. The van der Waals surface area contributed by atoms with Gasteiger partial charge >= 0.3 is 6.03 Å². The summed E-state index contributed by atoms with van der Waals surface area (Å²) < 4.78 is 0. The molecule has 1 atom stereocenters. The third kappa shape index (κ3) is 3.74. The van der Waals surface area contributed by atoms with Gasteiger partial charge in [-0.25, -0.2) is 4.79 Å². The Labute approximate surface area is 161 Å². The number of anilines is 1. The number of rotatable bonds is 2. The van der Waals surface area contributed by atoms with E-state index in [9.17, 15) is 4.79 Å². The second-order valence-corrected chi connectivity index (χ2v) is 8.02. The van der Waals surface area contributed by atoms with Crippen LogP contribution >= 0.6 is 11.3 Å². The number of aryl methyl sites for hydroxylation is 1. The van der Waals surface area contributed by atoms with Crippen LogP contribution in [0.2, 0.25) is 0 Å². The lowest BCUT2D eigenvalue weighted by Gasteiger charge is -2.37. The summed E-state index contributed by atoms with van der Waals surface area (Å²) in [6, 6.07) is 7.90. The van der Waals surface area contributed by atoms with Crippen LogP contribution in [0.15, 0.2) is 24.3 Å². The molecule has 8 nitrogen and oxygen atoms in total. The van der Waals surface area contributed by atoms with E-state index in [1.807, 2.05) is 36.1 Å². The minimum Gasteiger partial charge on any atom is -0.322 e. The Balaban J connectivity index is 1.54. The van der Waals surface area contributed by atoms with Gasteiger partial charge in [-0.05, 0) is 45.2 Å². The van der Waals surface area contributed by atoms with Gasteiger partial charge in [0, 0.05) is 36.6 Å². The number of aromatic nitrogens is 4. The van der Waals surface area contributed by atoms with E-state index in [4.69, 9.17) is 0 Å². The lowest BCUT2D eigenvalue weighted by Crippen LogP contribution is -2.53. The van der Waals surface area contributed by atoms with E-state index in [1.165, 1.54) is 0 Å². The first-order valence-corrected chi connectivity index (χ1v) is 9.65. The largest absolute Gasteiger partial charge is 0.323 e. The van der Waals surface area contributed by atoms with Gasteiger partial charge in [0.25, 0.3) is 0 Å². The lowest BCUT2D eigenvalue weighted by molar-refractivity contribution is 0.125. The van der Waals surface area contributed by atoms with Crippen molar-refractivity contribution in [1.82, 2.24) is 30.2 Å². The molecule has 0 spiro atoms. The van der Waals surface area contributed by atoms with Gasteiger partial charge in [-0.3, -0.25) is 5.32 Å². The molecular weight excluding hydrogens is 362 g/mol. The van der Waals surface area contributed by atoms with E-state index in [1.54, 1.807) is 11.3 Å². The first-order valence-electron chi connectivity index (χ1n) is 8.84. The number of piperazine rings is 1. The first kappa shape index (κ1) is 17.7. The quantitative estimate of drug-likeness (QED) is 0.732. The van der Waals surface area contributed by atoms with Gasteiger partial charge < -0.3 is 9.80 Å². The Morgan fingerprint density at radius 1 is 1.19 bits per heavy atom. The molecule has 2 amide bonds. The van der Waals surface area contributed by atoms with Crippen LogP contribution in [0, 0.1) is 6.92 Å². The van der Waals surface area contributed by atoms with Crippen molar-refractivity contribution < 1.29 is 4.79 Å². The highest BCUT2D eigenvalue weighted by atomic mass is 32.1. The molecule has 0 saturated carbocycles. The standard InChI is InChI=1S/C18H21N7OS/c1-11-10-25(7-6-24(11)3)18(26)19-16-9-14-8-13(4-5-15(14)21-22-16)17-23-20-12(2)27-17/h4-5,8-9,11H,6-7,10H2,1-3H3,(H,19,22,26). The molecule has 1 N–H and O–H groups in total. The van der Waals surface area contributed by atoms with Gasteiger partial charge in [-0.15, -0.1) is 20.4 Å². The molecule has 27 heavy (non-hydrogen) atoms. The maximum atomic E-state index is 12.6. The molecule has 3 heterocycles. The smallest absolute Gasteiger partial charge is 0.322 e. The van der Waals surface area contributed by atoms with Gasteiger partial charge in [0.1, 0.15) is 10.0 Å². The number of hydrogen-bond acceptors (Lipinski definition) is 7. The minimum absolute atomic E-state index is 0.139. The highest BCUT2D eigenvalue weighted by molar-refractivity contribution is 7.14. The molecule has 140 valence electrons. The molecular formula is C18H21N7OS. The summed E-state index contributed by atoms with van der Waals surface area (Å²) in [4.78, 5) is 16.6. The van der Waals surface area contributed by atoms with E-state index in [2.05, 4.69) is 44.6 Å². The summed E-state index contributed by atoms with van der Waals surface area (Å²) in [5, 5.41) is 22.2. The summed E-state index contributed by atoms with van der Waals surface area (Å²) in [7, 11) is 2.08. The average molecular weight is 383 g/mol. The zero-order chi connectivity index (χ0) is 19.0. The predicted molar refractivity (Wildman–Crippen MR) is 106 cm³/mol. The number of amides is 2. The normalized spacial score (nSPS) is 18.0. The number of nitrogens with one attached hydrogen (secondary N) is 1. The van der Waals surface area contributed by atoms with Gasteiger partial charge in [0.05, 0.1) is 5.52 Å².